The van der Waals surface area contributed by atoms with Crippen molar-refractivity contribution < 1.29 is 52.4 Å². The minimum Gasteiger partial charge on any atom is -0.467 e. The predicted octanol–water partition coefficient (Wildman–Crippen LogP) is -0.479. The lowest BCUT2D eigenvalue weighted by Crippen LogP contribution is -2.66. The summed E-state index contributed by atoms with van der Waals surface area (Å²) in [6, 6.07) is 1.78. The molecule has 1 aromatic heterocycles. The van der Waals surface area contributed by atoms with Crippen LogP contribution in [0.5, 0.6) is 0 Å². The predicted molar refractivity (Wildman–Crippen MR) is 110 cm³/mol. The number of ether oxygens (including phenoxy) is 6. The molecule has 1 aromatic rings. The number of aromatic nitrogens is 1. The summed E-state index contributed by atoms with van der Waals surface area (Å²) in [5.74, 6) is -3.53. The molecule has 0 saturated carbocycles. The van der Waals surface area contributed by atoms with Gasteiger partial charge in [0.25, 0.3) is 5.91 Å². The van der Waals surface area contributed by atoms with Gasteiger partial charge in [-0.15, -0.1) is 0 Å². The summed E-state index contributed by atoms with van der Waals surface area (Å²) in [4.78, 5) is 63.4. The third-order valence-electron chi connectivity index (χ3n) is 4.52. The zero-order valence-corrected chi connectivity index (χ0v) is 19.0. The Morgan fingerprint density at radius 1 is 1.03 bits per heavy atom. The van der Waals surface area contributed by atoms with E-state index in [9.17, 15) is 24.0 Å². The third kappa shape index (κ3) is 7.78. The number of carbonyl (C=O) groups is 5. The van der Waals surface area contributed by atoms with Crippen LogP contribution < -0.4 is 5.32 Å². The standard InChI is InChI=1S/C21H26N2O11/c1-11(24)30-9-15-18(32-12(2)25)19(31-10-16(27)29-4)17(21(34-15)33-13(3)26)23-20(28)14-6-5-7-22-8-14/h5-8,15,17-19,21H,9-10H2,1-4H3,(H,23,28). The van der Waals surface area contributed by atoms with Crippen molar-refractivity contribution in [1.29, 1.82) is 0 Å². The largest absolute Gasteiger partial charge is 0.467 e. The Morgan fingerprint density at radius 3 is 2.29 bits per heavy atom. The first-order valence-corrected chi connectivity index (χ1v) is 10.1. The van der Waals surface area contributed by atoms with E-state index in [0.717, 1.165) is 27.9 Å². The van der Waals surface area contributed by atoms with Crippen molar-refractivity contribution in [3.63, 3.8) is 0 Å². The summed E-state index contributed by atoms with van der Waals surface area (Å²) in [5.41, 5.74) is 0.168. The smallest absolute Gasteiger partial charge is 0.331 e. The molecule has 5 unspecified atom stereocenters. The van der Waals surface area contributed by atoms with Gasteiger partial charge in [-0.1, -0.05) is 0 Å². The van der Waals surface area contributed by atoms with Gasteiger partial charge in [-0.3, -0.25) is 24.2 Å². The first-order chi connectivity index (χ1) is 16.1. The quantitative estimate of drug-likeness (QED) is 0.355. The molecule has 1 saturated heterocycles. The Hall–Kier alpha value is -3.58. The average molecular weight is 482 g/mol. The molecule has 0 spiro atoms. The number of methoxy groups -OCH3 is 1. The molecular weight excluding hydrogens is 456 g/mol. The molecule has 13 nitrogen and oxygen atoms in total. The lowest BCUT2D eigenvalue weighted by molar-refractivity contribution is -0.273. The second-order valence-corrected chi connectivity index (χ2v) is 7.12. The van der Waals surface area contributed by atoms with Crippen molar-refractivity contribution >= 4 is 29.8 Å². The van der Waals surface area contributed by atoms with Crippen LogP contribution in [0.1, 0.15) is 31.1 Å². The Kier molecular flexibility index (Phi) is 9.89. The number of nitrogens with one attached hydrogen (secondary N) is 1. The van der Waals surface area contributed by atoms with E-state index in [-0.39, 0.29) is 5.56 Å². The normalized spacial score (nSPS) is 23.8. The molecule has 2 heterocycles. The van der Waals surface area contributed by atoms with Crippen molar-refractivity contribution in [3.05, 3.63) is 30.1 Å². The molecule has 1 aliphatic heterocycles. The maximum atomic E-state index is 12.8. The number of hydrogen-bond donors (Lipinski definition) is 1. The molecule has 13 heteroatoms. The van der Waals surface area contributed by atoms with Crippen molar-refractivity contribution in [2.24, 2.45) is 0 Å². The van der Waals surface area contributed by atoms with Gasteiger partial charge < -0.3 is 33.7 Å². The second-order valence-electron chi connectivity index (χ2n) is 7.12. The zero-order valence-electron chi connectivity index (χ0n) is 19.0. The summed E-state index contributed by atoms with van der Waals surface area (Å²) in [5, 5.41) is 2.61. The van der Waals surface area contributed by atoms with Crippen LogP contribution in [0.2, 0.25) is 0 Å². The van der Waals surface area contributed by atoms with Crippen molar-refractivity contribution in [1.82, 2.24) is 10.3 Å². The number of esters is 4. The molecule has 1 amide bonds. The van der Waals surface area contributed by atoms with E-state index in [2.05, 4.69) is 15.0 Å². The van der Waals surface area contributed by atoms with Crippen molar-refractivity contribution in [3.8, 4) is 0 Å². The van der Waals surface area contributed by atoms with Gasteiger partial charge in [-0.05, 0) is 12.1 Å². The van der Waals surface area contributed by atoms with Crippen LogP contribution in [0.3, 0.4) is 0 Å². The molecule has 1 fully saturated rings. The first-order valence-electron chi connectivity index (χ1n) is 10.1. The fourth-order valence-electron chi connectivity index (χ4n) is 3.14. The highest BCUT2D eigenvalue weighted by Gasteiger charge is 2.51. The van der Waals surface area contributed by atoms with E-state index in [4.69, 9.17) is 23.7 Å². The summed E-state index contributed by atoms with van der Waals surface area (Å²) in [7, 11) is 1.14. The molecule has 2 rings (SSSR count). The fraction of sp³-hybridized carbons (Fsp3) is 0.524. The SMILES string of the molecule is COC(=O)COC1C(NC(=O)c2cccnc2)C(OC(C)=O)OC(COC(C)=O)C1OC(C)=O. The topological polar surface area (TPSA) is 166 Å². The third-order valence-corrected chi connectivity index (χ3v) is 4.52. The Balaban J connectivity index is 2.45. The highest BCUT2D eigenvalue weighted by Crippen LogP contribution is 2.28. The van der Waals surface area contributed by atoms with Crippen LogP contribution in [0.15, 0.2) is 24.5 Å². The van der Waals surface area contributed by atoms with Crippen LogP contribution in [-0.2, 0) is 47.6 Å². The highest BCUT2D eigenvalue weighted by atomic mass is 16.7. The van der Waals surface area contributed by atoms with E-state index in [1.165, 1.54) is 24.5 Å². The maximum Gasteiger partial charge on any atom is 0.331 e. The number of rotatable bonds is 9. The number of pyridine rings is 1. The molecule has 186 valence electrons. The van der Waals surface area contributed by atoms with Crippen LogP contribution in [0, 0.1) is 0 Å². The summed E-state index contributed by atoms with van der Waals surface area (Å²) in [6.45, 7) is 2.42. The Labute approximate surface area is 195 Å². The van der Waals surface area contributed by atoms with Gasteiger partial charge in [-0.25, -0.2) is 4.79 Å². The van der Waals surface area contributed by atoms with E-state index < -0.39 is 73.6 Å². The van der Waals surface area contributed by atoms with E-state index in [1.807, 2.05) is 0 Å². The van der Waals surface area contributed by atoms with Crippen LogP contribution in [0.4, 0.5) is 0 Å². The molecule has 0 radical (unpaired) electrons. The monoisotopic (exact) mass is 482 g/mol. The summed E-state index contributed by atoms with van der Waals surface area (Å²) < 4.78 is 31.6. The molecular formula is C21H26N2O11. The summed E-state index contributed by atoms with van der Waals surface area (Å²) in [6.07, 6.45) is -2.38. The van der Waals surface area contributed by atoms with Crippen LogP contribution in [-0.4, -0.2) is 85.7 Å². The minimum atomic E-state index is -1.45. The number of hydrogen-bond acceptors (Lipinski definition) is 12. The van der Waals surface area contributed by atoms with Gasteiger partial charge in [0.1, 0.15) is 31.5 Å². The molecule has 0 bridgehead atoms. The molecule has 34 heavy (non-hydrogen) atoms. The average Bonchev–Trinajstić information content (AvgIpc) is 2.78. The van der Waals surface area contributed by atoms with Crippen molar-refractivity contribution in [2.75, 3.05) is 20.3 Å². The van der Waals surface area contributed by atoms with Gasteiger partial charge in [0.2, 0.25) is 6.29 Å². The van der Waals surface area contributed by atoms with Crippen LogP contribution in [0.25, 0.3) is 0 Å². The van der Waals surface area contributed by atoms with Crippen molar-refractivity contribution in [2.45, 2.75) is 51.4 Å². The number of amides is 1. The minimum absolute atomic E-state index is 0.168. The van der Waals surface area contributed by atoms with E-state index in [1.54, 1.807) is 0 Å². The molecule has 1 N–H and O–H groups in total. The van der Waals surface area contributed by atoms with Gasteiger partial charge in [0, 0.05) is 33.2 Å². The van der Waals surface area contributed by atoms with Crippen LogP contribution >= 0.6 is 0 Å². The van der Waals surface area contributed by atoms with Gasteiger partial charge >= 0.3 is 23.9 Å². The Morgan fingerprint density at radius 2 is 1.74 bits per heavy atom. The highest BCUT2D eigenvalue weighted by molar-refractivity contribution is 5.94. The molecule has 0 aliphatic carbocycles. The number of carbonyl (C=O) groups excluding carboxylic acids is 5. The lowest BCUT2D eigenvalue weighted by atomic mass is 9.95. The lowest BCUT2D eigenvalue weighted by Gasteiger charge is -2.44. The summed E-state index contributed by atoms with van der Waals surface area (Å²) >= 11 is 0. The Bertz CT molecular complexity index is 892. The van der Waals surface area contributed by atoms with E-state index >= 15 is 0 Å². The first kappa shape index (κ1) is 26.7. The maximum absolute atomic E-state index is 12.8. The molecule has 0 aromatic carbocycles. The van der Waals surface area contributed by atoms with E-state index in [0.29, 0.717) is 0 Å². The molecule has 1 aliphatic rings. The fourth-order valence-corrected chi connectivity index (χ4v) is 3.14. The zero-order chi connectivity index (χ0) is 25.3. The van der Waals surface area contributed by atoms with Gasteiger partial charge in [0.15, 0.2) is 6.10 Å². The molecule has 5 atom stereocenters. The van der Waals surface area contributed by atoms with Gasteiger partial charge in [-0.2, -0.15) is 0 Å². The number of nitrogens with zero attached hydrogens (tertiary/aromatic N) is 1. The van der Waals surface area contributed by atoms with Gasteiger partial charge in [0.05, 0.1) is 12.7 Å². The second kappa shape index (κ2) is 12.6.